The number of carboxylic acids is 1. The van der Waals surface area contributed by atoms with Gasteiger partial charge in [0.2, 0.25) is 11.8 Å². The molecule has 2 aliphatic heterocycles. The maximum atomic E-state index is 13.4. The summed E-state index contributed by atoms with van der Waals surface area (Å²) in [6.07, 6.45) is 1.46. The zero-order valence-corrected chi connectivity index (χ0v) is 17.7. The van der Waals surface area contributed by atoms with Crippen LogP contribution < -0.4 is 5.32 Å². The van der Waals surface area contributed by atoms with E-state index >= 15 is 0 Å². The van der Waals surface area contributed by atoms with Gasteiger partial charge < -0.3 is 14.3 Å². The Kier molecular flexibility index (Phi) is 5.23. The number of carboxylic acid groups (broad SMARTS) is 1. The first-order valence-corrected chi connectivity index (χ1v) is 10.2. The number of likely N-dealkylation sites (tertiary alicyclic amines) is 1. The molecule has 4 atom stereocenters. The Bertz CT molecular complexity index is 981. The van der Waals surface area contributed by atoms with E-state index in [1.54, 1.807) is 32.9 Å². The molecular formula is C23H26N2O6. The van der Waals surface area contributed by atoms with Gasteiger partial charge in [-0.2, -0.15) is 0 Å². The monoisotopic (exact) mass is 426 g/mol. The first kappa shape index (κ1) is 21.3. The van der Waals surface area contributed by atoms with Crippen molar-refractivity contribution in [2.75, 3.05) is 6.61 Å². The highest BCUT2D eigenvalue weighted by molar-refractivity contribution is 6.10. The van der Waals surface area contributed by atoms with Gasteiger partial charge in [0.15, 0.2) is 5.54 Å². The Hall–Kier alpha value is -2.97. The largest absolute Gasteiger partial charge is 0.480 e. The Labute approximate surface area is 180 Å². The number of fused-ring (bicyclic) bond motifs is 1. The molecule has 2 N–H and O–H groups in total. The van der Waals surface area contributed by atoms with Crippen molar-refractivity contribution in [2.45, 2.75) is 44.5 Å². The van der Waals surface area contributed by atoms with Crippen molar-refractivity contribution in [2.24, 2.45) is 11.8 Å². The SMILES string of the molecule is CC(C)(C)N1C(=O)C2C(c3ccco3)NC(COCc3ccccc3)(C(=O)O)C2C1=O. The number of furan rings is 1. The number of nitrogens with one attached hydrogen (secondary N) is 1. The molecule has 0 spiro atoms. The number of aliphatic carboxylic acids is 1. The van der Waals surface area contributed by atoms with E-state index in [-0.39, 0.29) is 13.2 Å². The zero-order valence-electron chi connectivity index (χ0n) is 17.7. The molecule has 2 aromatic rings. The number of hydrogen-bond acceptors (Lipinski definition) is 6. The van der Waals surface area contributed by atoms with Crippen molar-refractivity contribution in [1.29, 1.82) is 0 Å². The summed E-state index contributed by atoms with van der Waals surface area (Å²) in [4.78, 5) is 40.5. The second kappa shape index (κ2) is 7.62. The van der Waals surface area contributed by atoms with Gasteiger partial charge in [0, 0.05) is 5.54 Å². The van der Waals surface area contributed by atoms with Crippen LogP contribution in [0.15, 0.2) is 53.1 Å². The number of carbonyl (C=O) groups excluding carboxylic acids is 2. The van der Waals surface area contributed by atoms with Gasteiger partial charge in [0.05, 0.1) is 37.4 Å². The fourth-order valence-electron chi connectivity index (χ4n) is 4.67. The number of hydrogen-bond donors (Lipinski definition) is 2. The summed E-state index contributed by atoms with van der Waals surface area (Å²) in [5.41, 5.74) is -1.66. The molecular weight excluding hydrogens is 400 g/mol. The second-order valence-corrected chi connectivity index (χ2v) is 9.08. The fraction of sp³-hybridized carbons (Fsp3) is 0.435. The van der Waals surface area contributed by atoms with Crippen LogP contribution in [0.5, 0.6) is 0 Å². The molecule has 2 fully saturated rings. The maximum absolute atomic E-state index is 13.4. The summed E-state index contributed by atoms with van der Waals surface area (Å²) in [7, 11) is 0. The van der Waals surface area contributed by atoms with Crippen molar-refractivity contribution in [3.8, 4) is 0 Å². The molecule has 1 aromatic heterocycles. The highest BCUT2D eigenvalue weighted by Crippen LogP contribution is 2.50. The van der Waals surface area contributed by atoms with Gasteiger partial charge in [0.25, 0.3) is 0 Å². The van der Waals surface area contributed by atoms with E-state index in [2.05, 4.69) is 5.32 Å². The number of nitrogens with zero attached hydrogens (tertiary/aromatic N) is 1. The topological polar surface area (TPSA) is 109 Å². The van der Waals surface area contributed by atoms with Crippen LogP contribution >= 0.6 is 0 Å². The summed E-state index contributed by atoms with van der Waals surface area (Å²) in [6.45, 7) is 5.19. The number of imide groups is 1. The zero-order chi connectivity index (χ0) is 22.4. The van der Waals surface area contributed by atoms with Crippen LogP contribution in [0.2, 0.25) is 0 Å². The third kappa shape index (κ3) is 3.45. The molecule has 2 amide bonds. The van der Waals surface area contributed by atoms with Gasteiger partial charge in [-0.3, -0.25) is 24.6 Å². The lowest BCUT2D eigenvalue weighted by atomic mass is 9.80. The summed E-state index contributed by atoms with van der Waals surface area (Å²) in [5.74, 6) is -3.73. The minimum atomic E-state index is -1.76. The molecule has 31 heavy (non-hydrogen) atoms. The third-order valence-corrected chi connectivity index (χ3v) is 6.00. The Morgan fingerprint density at radius 1 is 1.16 bits per heavy atom. The summed E-state index contributed by atoms with van der Waals surface area (Å²) in [5, 5.41) is 13.3. The van der Waals surface area contributed by atoms with E-state index in [1.165, 1.54) is 11.2 Å². The van der Waals surface area contributed by atoms with Crippen LogP contribution in [0.25, 0.3) is 0 Å². The van der Waals surface area contributed by atoms with Crippen LogP contribution in [-0.4, -0.2) is 45.5 Å². The van der Waals surface area contributed by atoms with Crippen LogP contribution in [0.3, 0.4) is 0 Å². The summed E-state index contributed by atoms with van der Waals surface area (Å²) in [6, 6.07) is 11.9. The van der Waals surface area contributed by atoms with Gasteiger partial charge in [0.1, 0.15) is 5.76 Å². The molecule has 2 saturated heterocycles. The number of amides is 2. The van der Waals surface area contributed by atoms with Gasteiger partial charge in [-0.05, 0) is 38.5 Å². The van der Waals surface area contributed by atoms with E-state index in [4.69, 9.17) is 9.15 Å². The maximum Gasteiger partial charge on any atom is 0.327 e. The molecule has 0 aliphatic carbocycles. The smallest absolute Gasteiger partial charge is 0.327 e. The molecule has 3 heterocycles. The lowest BCUT2D eigenvalue weighted by Gasteiger charge is -2.35. The van der Waals surface area contributed by atoms with Crippen molar-refractivity contribution < 1.29 is 28.6 Å². The van der Waals surface area contributed by atoms with E-state index < -0.39 is 46.7 Å². The normalized spacial score (nSPS) is 28.2. The summed E-state index contributed by atoms with van der Waals surface area (Å²) >= 11 is 0. The predicted molar refractivity (Wildman–Crippen MR) is 110 cm³/mol. The quantitative estimate of drug-likeness (QED) is 0.683. The second-order valence-electron chi connectivity index (χ2n) is 9.08. The van der Waals surface area contributed by atoms with Gasteiger partial charge in [-0.1, -0.05) is 30.3 Å². The number of ether oxygens (including phenoxy) is 1. The molecule has 4 unspecified atom stereocenters. The lowest BCUT2D eigenvalue weighted by molar-refractivity contribution is -0.156. The van der Waals surface area contributed by atoms with Crippen molar-refractivity contribution in [3.63, 3.8) is 0 Å². The molecule has 8 nitrogen and oxygen atoms in total. The first-order valence-electron chi connectivity index (χ1n) is 10.2. The van der Waals surface area contributed by atoms with Crippen LogP contribution in [-0.2, 0) is 25.7 Å². The Balaban J connectivity index is 1.71. The molecule has 1 aromatic carbocycles. The van der Waals surface area contributed by atoms with Crippen molar-refractivity contribution in [1.82, 2.24) is 10.2 Å². The van der Waals surface area contributed by atoms with Crippen LogP contribution in [0.4, 0.5) is 0 Å². The van der Waals surface area contributed by atoms with Crippen LogP contribution in [0, 0.1) is 11.8 Å². The number of rotatable bonds is 6. The van der Waals surface area contributed by atoms with Gasteiger partial charge in [-0.25, -0.2) is 0 Å². The lowest BCUT2D eigenvalue weighted by Crippen LogP contribution is -2.60. The molecule has 4 rings (SSSR count). The molecule has 164 valence electrons. The minimum Gasteiger partial charge on any atom is -0.480 e. The van der Waals surface area contributed by atoms with Gasteiger partial charge in [-0.15, -0.1) is 0 Å². The average molecular weight is 426 g/mol. The Morgan fingerprint density at radius 3 is 2.45 bits per heavy atom. The van der Waals surface area contributed by atoms with E-state index in [1.807, 2.05) is 30.3 Å². The molecule has 0 radical (unpaired) electrons. The highest BCUT2D eigenvalue weighted by atomic mass is 16.5. The van der Waals surface area contributed by atoms with E-state index in [0.717, 1.165) is 5.56 Å². The number of benzene rings is 1. The van der Waals surface area contributed by atoms with Crippen molar-refractivity contribution >= 4 is 17.8 Å². The molecule has 0 saturated carbocycles. The Morgan fingerprint density at radius 2 is 1.87 bits per heavy atom. The molecule has 2 aliphatic rings. The summed E-state index contributed by atoms with van der Waals surface area (Å²) < 4.78 is 11.3. The molecule has 0 bridgehead atoms. The fourth-order valence-corrected chi connectivity index (χ4v) is 4.67. The van der Waals surface area contributed by atoms with E-state index in [0.29, 0.717) is 5.76 Å². The number of carbonyl (C=O) groups is 3. The third-order valence-electron chi connectivity index (χ3n) is 6.00. The van der Waals surface area contributed by atoms with Crippen molar-refractivity contribution in [3.05, 3.63) is 60.1 Å². The van der Waals surface area contributed by atoms with Gasteiger partial charge >= 0.3 is 5.97 Å². The van der Waals surface area contributed by atoms with E-state index in [9.17, 15) is 19.5 Å². The molecule has 8 heteroatoms. The average Bonchev–Trinajstić information content (AvgIpc) is 3.39. The highest BCUT2D eigenvalue weighted by Gasteiger charge is 2.70. The minimum absolute atomic E-state index is 0.186. The van der Waals surface area contributed by atoms with Crippen LogP contribution in [0.1, 0.15) is 38.1 Å². The standard InChI is InChI=1S/C23H26N2O6/c1-22(2,3)25-19(26)16-17(20(25)27)23(21(28)29,24-18(16)15-10-7-11-31-15)13-30-12-14-8-5-4-6-9-14/h4-11,16-18,24H,12-13H2,1-3H3,(H,28,29). The first-order chi connectivity index (χ1) is 14.7. The predicted octanol–water partition coefficient (Wildman–Crippen LogP) is 2.36.